The zero-order chi connectivity index (χ0) is 19.3. The molecule has 0 saturated carbocycles. The number of phosphoric ester groups is 1. The molecule has 0 aliphatic carbocycles. The van der Waals surface area contributed by atoms with Gasteiger partial charge < -0.3 is 14.6 Å². The number of ether oxygens (including phenoxy) is 1. The van der Waals surface area contributed by atoms with Crippen LogP contribution in [0.4, 0.5) is 0 Å². The molecular weight excluding hydrogens is 369 g/mol. The Bertz CT molecular complexity index is 983. The molecule has 0 bridgehead atoms. The van der Waals surface area contributed by atoms with E-state index in [1.807, 2.05) is 42.5 Å². The van der Waals surface area contributed by atoms with Crippen LogP contribution < -0.4 is 14.6 Å². The largest absolute Gasteiger partial charge is 0.524 e. The first-order chi connectivity index (χ1) is 12.9. The summed E-state index contributed by atoms with van der Waals surface area (Å²) in [6, 6.07) is 19.6. The highest BCUT2D eigenvalue weighted by Crippen LogP contribution is 2.37. The molecule has 0 saturated heterocycles. The molecule has 0 aliphatic heterocycles. The van der Waals surface area contributed by atoms with Crippen LogP contribution in [0, 0.1) is 0 Å². The Morgan fingerprint density at radius 1 is 0.926 bits per heavy atom. The van der Waals surface area contributed by atoms with E-state index < -0.39 is 7.82 Å². The Kier molecular flexibility index (Phi) is 5.76. The minimum Gasteiger partial charge on any atom is -0.484 e. The Hall–Kier alpha value is -2.86. The number of carbonyl (C=O) groups is 1. The van der Waals surface area contributed by atoms with Crippen LogP contribution in [0.15, 0.2) is 66.7 Å². The van der Waals surface area contributed by atoms with Crippen LogP contribution in [-0.4, -0.2) is 22.3 Å². The van der Waals surface area contributed by atoms with Gasteiger partial charge in [-0.3, -0.25) is 14.6 Å². The SMILES string of the molecule is O=C(COc1ccc2ccccc2c1)NCc1ccc(OP(=O)(O)O)cc1. The lowest BCUT2D eigenvalue weighted by Gasteiger charge is -2.09. The fourth-order valence-electron chi connectivity index (χ4n) is 2.46. The van der Waals surface area contributed by atoms with E-state index >= 15 is 0 Å². The van der Waals surface area contributed by atoms with Crippen LogP contribution in [-0.2, 0) is 15.9 Å². The summed E-state index contributed by atoms with van der Waals surface area (Å²) in [7, 11) is -4.57. The number of phosphoric acid groups is 1. The van der Waals surface area contributed by atoms with Crippen molar-refractivity contribution in [3.63, 3.8) is 0 Å². The highest BCUT2D eigenvalue weighted by atomic mass is 31.2. The molecule has 3 rings (SSSR count). The molecular formula is C19H18NO6P. The van der Waals surface area contributed by atoms with Crippen LogP contribution in [0.3, 0.4) is 0 Å². The molecule has 0 heterocycles. The lowest BCUT2D eigenvalue weighted by molar-refractivity contribution is -0.123. The first-order valence-electron chi connectivity index (χ1n) is 8.11. The predicted molar refractivity (Wildman–Crippen MR) is 100 cm³/mol. The van der Waals surface area contributed by atoms with Crippen LogP contribution in [0.25, 0.3) is 10.8 Å². The van der Waals surface area contributed by atoms with E-state index in [0.717, 1.165) is 16.3 Å². The summed E-state index contributed by atoms with van der Waals surface area (Å²) < 4.78 is 20.7. The zero-order valence-electron chi connectivity index (χ0n) is 14.2. The number of nitrogens with one attached hydrogen (secondary N) is 1. The van der Waals surface area contributed by atoms with Crippen molar-refractivity contribution in [3.05, 3.63) is 72.3 Å². The van der Waals surface area contributed by atoms with Gasteiger partial charge in [0.15, 0.2) is 6.61 Å². The average Bonchev–Trinajstić information content (AvgIpc) is 2.64. The van der Waals surface area contributed by atoms with Gasteiger partial charge in [-0.1, -0.05) is 42.5 Å². The third-order valence-electron chi connectivity index (χ3n) is 3.73. The average molecular weight is 387 g/mol. The number of fused-ring (bicyclic) bond motifs is 1. The van der Waals surface area contributed by atoms with Crippen molar-refractivity contribution < 1.29 is 28.4 Å². The first-order valence-corrected chi connectivity index (χ1v) is 9.64. The second kappa shape index (κ2) is 8.22. The molecule has 0 atom stereocenters. The van der Waals surface area contributed by atoms with Gasteiger partial charge in [0, 0.05) is 6.54 Å². The summed E-state index contributed by atoms with van der Waals surface area (Å²) in [6.45, 7) is 0.147. The van der Waals surface area contributed by atoms with Crippen LogP contribution >= 0.6 is 7.82 Å². The van der Waals surface area contributed by atoms with E-state index in [1.54, 1.807) is 12.1 Å². The fraction of sp³-hybridized carbons (Fsp3) is 0.105. The number of rotatable bonds is 7. The van der Waals surface area contributed by atoms with Crippen LogP contribution in [0.5, 0.6) is 11.5 Å². The van der Waals surface area contributed by atoms with Gasteiger partial charge in [-0.15, -0.1) is 0 Å². The highest BCUT2D eigenvalue weighted by molar-refractivity contribution is 7.46. The van der Waals surface area contributed by atoms with Crippen molar-refractivity contribution in [2.24, 2.45) is 0 Å². The van der Waals surface area contributed by atoms with E-state index in [9.17, 15) is 9.36 Å². The van der Waals surface area contributed by atoms with E-state index in [0.29, 0.717) is 5.75 Å². The van der Waals surface area contributed by atoms with Crippen molar-refractivity contribution in [2.45, 2.75) is 6.54 Å². The van der Waals surface area contributed by atoms with Crippen molar-refractivity contribution in [2.75, 3.05) is 6.61 Å². The molecule has 8 heteroatoms. The summed E-state index contributed by atoms with van der Waals surface area (Å²) >= 11 is 0. The fourth-order valence-corrected chi connectivity index (χ4v) is 2.86. The third kappa shape index (κ3) is 5.82. The quantitative estimate of drug-likeness (QED) is 0.539. The maximum absolute atomic E-state index is 11.9. The summed E-state index contributed by atoms with van der Waals surface area (Å²) in [5.74, 6) is 0.388. The van der Waals surface area contributed by atoms with Crippen molar-refractivity contribution in [1.82, 2.24) is 5.32 Å². The molecule has 1 amide bonds. The monoisotopic (exact) mass is 387 g/mol. The molecule has 3 aromatic carbocycles. The molecule has 140 valence electrons. The highest BCUT2D eigenvalue weighted by Gasteiger charge is 2.15. The minimum absolute atomic E-state index is 0.0537. The number of amides is 1. The van der Waals surface area contributed by atoms with Gasteiger partial charge in [0.05, 0.1) is 0 Å². The maximum atomic E-state index is 11.9. The van der Waals surface area contributed by atoms with Crippen LogP contribution in [0.1, 0.15) is 5.56 Å². The molecule has 27 heavy (non-hydrogen) atoms. The minimum atomic E-state index is -4.57. The van der Waals surface area contributed by atoms with Gasteiger partial charge in [0.2, 0.25) is 0 Å². The summed E-state index contributed by atoms with van der Waals surface area (Å²) in [4.78, 5) is 29.4. The van der Waals surface area contributed by atoms with Crippen LogP contribution in [0.2, 0.25) is 0 Å². The molecule has 0 aliphatic rings. The Balaban J connectivity index is 1.48. The van der Waals surface area contributed by atoms with Crippen molar-refractivity contribution in [3.8, 4) is 11.5 Å². The van der Waals surface area contributed by atoms with Gasteiger partial charge in [0.1, 0.15) is 11.5 Å². The molecule has 3 N–H and O–H groups in total. The van der Waals surface area contributed by atoms with E-state index in [4.69, 9.17) is 14.5 Å². The number of hydrogen-bond donors (Lipinski definition) is 3. The molecule has 7 nitrogen and oxygen atoms in total. The summed E-state index contributed by atoms with van der Waals surface area (Å²) in [5, 5.41) is 4.85. The zero-order valence-corrected chi connectivity index (χ0v) is 15.1. The van der Waals surface area contributed by atoms with Gasteiger partial charge in [-0.2, -0.15) is 0 Å². The normalized spacial score (nSPS) is 11.2. The molecule has 0 aromatic heterocycles. The van der Waals surface area contributed by atoms with Crippen molar-refractivity contribution >= 4 is 24.5 Å². The number of benzene rings is 3. The van der Waals surface area contributed by atoms with E-state index in [2.05, 4.69) is 9.84 Å². The van der Waals surface area contributed by atoms with Gasteiger partial charge in [0.25, 0.3) is 5.91 Å². The molecule has 0 spiro atoms. The topological polar surface area (TPSA) is 105 Å². The molecule has 3 aromatic rings. The first kappa shape index (κ1) is 18.9. The maximum Gasteiger partial charge on any atom is 0.524 e. The summed E-state index contributed by atoms with van der Waals surface area (Å²) in [6.07, 6.45) is 0. The molecule has 0 fully saturated rings. The smallest absolute Gasteiger partial charge is 0.484 e. The van der Waals surface area contributed by atoms with Gasteiger partial charge in [-0.25, -0.2) is 4.57 Å². The predicted octanol–water partition coefficient (Wildman–Crippen LogP) is 3.01. The Labute approximate surface area is 155 Å². The third-order valence-corrected chi connectivity index (χ3v) is 4.18. The molecule has 0 radical (unpaired) electrons. The second-order valence-corrected chi connectivity index (χ2v) is 6.96. The lowest BCUT2D eigenvalue weighted by atomic mass is 10.1. The van der Waals surface area contributed by atoms with E-state index in [-0.39, 0.29) is 24.8 Å². The summed E-state index contributed by atoms with van der Waals surface area (Å²) in [5.41, 5.74) is 0.757. The van der Waals surface area contributed by atoms with E-state index in [1.165, 1.54) is 12.1 Å². The Morgan fingerprint density at radius 2 is 1.59 bits per heavy atom. The standard InChI is InChI=1S/C19H18NO6P/c21-19(13-25-18-10-7-15-3-1-2-4-16(15)11-18)20-12-14-5-8-17(9-6-14)26-27(22,23)24/h1-11H,12-13H2,(H,20,21)(H2,22,23,24). The van der Waals surface area contributed by atoms with Crippen molar-refractivity contribution in [1.29, 1.82) is 0 Å². The van der Waals surface area contributed by atoms with Gasteiger partial charge in [-0.05, 0) is 40.6 Å². The number of carbonyl (C=O) groups excluding carboxylic acids is 1. The lowest BCUT2D eigenvalue weighted by Crippen LogP contribution is -2.28. The molecule has 0 unspecified atom stereocenters. The second-order valence-electron chi connectivity index (χ2n) is 5.80. The Morgan fingerprint density at radius 3 is 2.30 bits per heavy atom. The van der Waals surface area contributed by atoms with Gasteiger partial charge >= 0.3 is 7.82 Å². The number of hydrogen-bond acceptors (Lipinski definition) is 4.